The quantitative estimate of drug-likeness (QED) is 0.738. The van der Waals surface area contributed by atoms with Gasteiger partial charge in [-0.15, -0.1) is 0 Å². The van der Waals surface area contributed by atoms with Crippen LogP contribution in [0.2, 0.25) is 0 Å². The second kappa shape index (κ2) is 8.92. The van der Waals surface area contributed by atoms with Crippen molar-refractivity contribution < 1.29 is 4.74 Å². The van der Waals surface area contributed by atoms with Crippen LogP contribution in [0.15, 0.2) is 12.3 Å². The highest BCUT2D eigenvalue weighted by atomic mass is 16.5. The predicted octanol–water partition coefficient (Wildman–Crippen LogP) is 3.70. The summed E-state index contributed by atoms with van der Waals surface area (Å²) in [6.07, 6.45) is 6.91. The van der Waals surface area contributed by atoms with Crippen LogP contribution in [-0.4, -0.2) is 18.6 Å². The normalized spacial score (nSPS) is 12.4. The lowest BCUT2D eigenvalue weighted by Crippen LogP contribution is -2.14. The van der Waals surface area contributed by atoms with Crippen LogP contribution >= 0.6 is 0 Å². The molecule has 1 unspecified atom stereocenters. The second-order valence-electron chi connectivity index (χ2n) is 5.19. The molecule has 0 aliphatic rings. The molecule has 0 saturated carbocycles. The van der Waals surface area contributed by atoms with Gasteiger partial charge in [0.15, 0.2) is 0 Å². The molecule has 0 aliphatic carbocycles. The molecule has 1 N–H and O–H groups in total. The van der Waals surface area contributed by atoms with Gasteiger partial charge in [0.25, 0.3) is 0 Å². The standard InChI is InChI=1S/C16H28N2O/c1-5-7-8-14(6-2)12-19-16-9-13(3)18-11-15(16)10-17-4/h9,11,14,17H,5-8,10,12H2,1-4H3. The molecule has 19 heavy (non-hydrogen) atoms. The number of ether oxygens (including phenoxy) is 1. The number of nitrogens with zero attached hydrogens (tertiary/aromatic N) is 1. The van der Waals surface area contributed by atoms with Crippen LogP contribution in [0.5, 0.6) is 5.75 Å². The zero-order valence-corrected chi connectivity index (χ0v) is 12.8. The Morgan fingerprint density at radius 3 is 2.79 bits per heavy atom. The molecule has 0 aliphatic heterocycles. The molecule has 0 radical (unpaired) electrons. The Kier molecular flexibility index (Phi) is 7.49. The van der Waals surface area contributed by atoms with E-state index in [1.807, 2.05) is 26.2 Å². The van der Waals surface area contributed by atoms with Gasteiger partial charge in [-0.05, 0) is 26.3 Å². The van der Waals surface area contributed by atoms with Crippen LogP contribution in [0.1, 0.15) is 50.8 Å². The summed E-state index contributed by atoms with van der Waals surface area (Å²) in [6.45, 7) is 8.11. The fourth-order valence-corrected chi connectivity index (χ4v) is 2.13. The monoisotopic (exact) mass is 264 g/mol. The van der Waals surface area contributed by atoms with Gasteiger partial charge < -0.3 is 10.1 Å². The maximum atomic E-state index is 6.04. The van der Waals surface area contributed by atoms with Gasteiger partial charge in [0.2, 0.25) is 0 Å². The van der Waals surface area contributed by atoms with Gasteiger partial charge >= 0.3 is 0 Å². The number of unbranched alkanes of at least 4 members (excludes halogenated alkanes) is 1. The van der Waals surface area contributed by atoms with E-state index < -0.39 is 0 Å². The molecular weight excluding hydrogens is 236 g/mol. The van der Waals surface area contributed by atoms with Gasteiger partial charge in [0.05, 0.1) is 6.61 Å². The summed E-state index contributed by atoms with van der Waals surface area (Å²) < 4.78 is 6.04. The first kappa shape index (κ1) is 16.0. The van der Waals surface area contributed by atoms with Crippen molar-refractivity contribution in [3.8, 4) is 5.75 Å². The van der Waals surface area contributed by atoms with Crippen molar-refractivity contribution in [2.45, 2.75) is 53.0 Å². The molecule has 0 aromatic carbocycles. The lowest BCUT2D eigenvalue weighted by molar-refractivity contribution is 0.231. The Morgan fingerprint density at radius 1 is 1.37 bits per heavy atom. The highest BCUT2D eigenvalue weighted by Crippen LogP contribution is 2.21. The highest BCUT2D eigenvalue weighted by Gasteiger charge is 2.09. The number of aryl methyl sites for hydroxylation is 1. The van der Waals surface area contributed by atoms with Gasteiger partial charge in [-0.3, -0.25) is 4.98 Å². The van der Waals surface area contributed by atoms with Crippen LogP contribution < -0.4 is 10.1 Å². The average Bonchev–Trinajstić information content (AvgIpc) is 2.42. The van der Waals surface area contributed by atoms with E-state index in [2.05, 4.69) is 24.1 Å². The topological polar surface area (TPSA) is 34.1 Å². The first-order valence-corrected chi connectivity index (χ1v) is 7.44. The van der Waals surface area contributed by atoms with E-state index in [0.717, 1.165) is 30.2 Å². The van der Waals surface area contributed by atoms with Crippen LogP contribution in [0.25, 0.3) is 0 Å². The van der Waals surface area contributed by atoms with E-state index in [9.17, 15) is 0 Å². The SMILES string of the molecule is CCCCC(CC)COc1cc(C)ncc1CNC. The molecule has 0 saturated heterocycles. The fraction of sp³-hybridized carbons (Fsp3) is 0.688. The van der Waals surface area contributed by atoms with Gasteiger partial charge in [-0.1, -0.05) is 33.1 Å². The molecule has 0 spiro atoms. The summed E-state index contributed by atoms with van der Waals surface area (Å²) in [7, 11) is 1.94. The number of rotatable bonds is 9. The summed E-state index contributed by atoms with van der Waals surface area (Å²) >= 11 is 0. The number of hydrogen-bond donors (Lipinski definition) is 1. The second-order valence-corrected chi connectivity index (χ2v) is 5.19. The third-order valence-electron chi connectivity index (χ3n) is 3.47. The summed E-state index contributed by atoms with van der Waals surface area (Å²) in [4.78, 5) is 4.34. The lowest BCUT2D eigenvalue weighted by atomic mass is 10.0. The number of nitrogens with one attached hydrogen (secondary N) is 1. The first-order chi connectivity index (χ1) is 9.21. The molecule has 1 aromatic rings. The van der Waals surface area contributed by atoms with Gasteiger partial charge in [0.1, 0.15) is 5.75 Å². The predicted molar refractivity (Wildman–Crippen MR) is 80.5 cm³/mol. The zero-order chi connectivity index (χ0) is 14.1. The van der Waals surface area contributed by atoms with Gasteiger partial charge in [-0.25, -0.2) is 0 Å². The minimum absolute atomic E-state index is 0.663. The minimum Gasteiger partial charge on any atom is -0.493 e. The molecule has 108 valence electrons. The average molecular weight is 264 g/mol. The first-order valence-electron chi connectivity index (χ1n) is 7.44. The smallest absolute Gasteiger partial charge is 0.127 e. The Labute approximate surface area is 117 Å². The fourth-order valence-electron chi connectivity index (χ4n) is 2.13. The van der Waals surface area contributed by atoms with Crippen molar-refractivity contribution in [2.24, 2.45) is 5.92 Å². The highest BCUT2D eigenvalue weighted by molar-refractivity contribution is 5.32. The van der Waals surface area contributed by atoms with Gasteiger partial charge in [-0.2, -0.15) is 0 Å². The van der Waals surface area contributed by atoms with Gasteiger partial charge in [0, 0.05) is 30.1 Å². The van der Waals surface area contributed by atoms with Crippen molar-refractivity contribution in [3.63, 3.8) is 0 Å². The van der Waals surface area contributed by atoms with E-state index >= 15 is 0 Å². The molecule has 0 bridgehead atoms. The van der Waals surface area contributed by atoms with Crippen LogP contribution in [0.4, 0.5) is 0 Å². The van der Waals surface area contributed by atoms with E-state index in [0.29, 0.717) is 5.92 Å². The van der Waals surface area contributed by atoms with E-state index in [4.69, 9.17) is 4.74 Å². The van der Waals surface area contributed by atoms with E-state index in [-0.39, 0.29) is 0 Å². The van der Waals surface area contributed by atoms with E-state index in [1.165, 1.54) is 25.7 Å². The summed E-state index contributed by atoms with van der Waals surface area (Å²) in [5.41, 5.74) is 2.15. The molecule has 1 rings (SSSR count). The number of pyridine rings is 1. The van der Waals surface area contributed by atoms with E-state index in [1.54, 1.807) is 0 Å². The molecule has 1 heterocycles. The van der Waals surface area contributed by atoms with Crippen molar-refractivity contribution in [1.82, 2.24) is 10.3 Å². The number of aromatic nitrogens is 1. The van der Waals surface area contributed by atoms with Crippen molar-refractivity contribution in [3.05, 3.63) is 23.5 Å². The summed E-state index contributed by atoms with van der Waals surface area (Å²) in [5, 5.41) is 3.16. The largest absolute Gasteiger partial charge is 0.493 e. The molecule has 0 amide bonds. The minimum atomic E-state index is 0.663. The van der Waals surface area contributed by atoms with Crippen LogP contribution in [0, 0.1) is 12.8 Å². The lowest BCUT2D eigenvalue weighted by Gasteiger charge is -2.17. The Morgan fingerprint density at radius 2 is 2.16 bits per heavy atom. The maximum absolute atomic E-state index is 6.04. The Hall–Kier alpha value is -1.09. The molecule has 3 nitrogen and oxygen atoms in total. The van der Waals surface area contributed by atoms with Crippen molar-refractivity contribution in [2.75, 3.05) is 13.7 Å². The molecule has 1 aromatic heterocycles. The molecule has 0 fully saturated rings. The summed E-state index contributed by atoms with van der Waals surface area (Å²) in [5.74, 6) is 1.65. The molecule has 3 heteroatoms. The van der Waals surface area contributed by atoms with Crippen molar-refractivity contribution in [1.29, 1.82) is 0 Å². The Balaban J connectivity index is 2.61. The molecular formula is C16H28N2O. The third-order valence-corrected chi connectivity index (χ3v) is 3.47. The maximum Gasteiger partial charge on any atom is 0.127 e. The molecule has 1 atom stereocenters. The summed E-state index contributed by atoms with van der Waals surface area (Å²) in [6, 6.07) is 2.04. The van der Waals surface area contributed by atoms with Crippen LogP contribution in [-0.2, 0) is 6.54 Å². The Bertz CT molecular complexity index is 366. The third kappa shape index (κ3) is 5.60. The van der Waals surface area contributed by atoms with Crippen LogP contribution in [0.3, 0.4) is 0 Å². The zero-order valence-electron chi connectivity index (χ0n) is 12.8. The van der Waals surface area contributed by atoms with Crippen molar-refractivity contribution >= 4 is 0 Å². The number of hydrogen-bond acceptors (Lipinski definition) is 3.